The van der Waals surface area contributed by atoms with Crippen molar-refractivity contribution in [2.24, 2.45) is 16.8 Å². The van der Waals surface area contributed by atoms with E-state index < -0.39 is 0 Å². The SMILES string of the molecule is C=C1Oc2c(ccc3cnccc23)C/C=C(/C2=CC(N3c4ccccc4C4C=C(c5ccc6c(c5)c5c(n6C6=CC=CCC6)=CCCC=5)C=C[C@@H]43)NC(N3C4=CC=C(c5ccc6c(c5)c5ccccc5n6-c5ccccc5)C5CC5C4c4ccccc43)=N2)C2=C1CCCC=C2. The fourth-order valence-corrected chi connectivity index (χ4v) is 17.7. The maximum Gasteiger partial charge on any atom is 0.210 e. The molecule has 7 heterocycles. The maximum absolute atomic E-state index is 7.06. The zero-order chi connectivity index (χ0) is 62.4. The van der Waals surface area contributed by atoms with E-state index in [0.717, 1.165) is 102 Å². The predicted molar refractivity (Wildman–Crippen MR) is 390 cm³/mol. The summed E-state index contributed by atoms with van der Waals surface area (Å²) >= 11 is 0. The molecule has 0 amide bonds. The summed E-state index contributed by atoms with van der Waals surface area (Å²) < 4.78 is 12.0. The van der Waals surface area contributed by atoms with E-state index in [9.17, 15) is 0 Å². The minimum absolute atomic E-state index is 0.00896. The molecule has 7 aromatic carbocycles. The van der Waals surface area contributed by atoms with Crippen LogP contribution in [0.25, 0.3) is 78.2 Å². The number of fused-ring (bicyclic) bond motifs is 17. The van der Waals surface area contributed by atoms with Crippen LogP contribution >= 0.6 is 0 Å². The van der Waals surface area contributed by atoms with Crippen LogP contribution in [0.15, 0.2) is 288 Å². The van der Waals surface area contributed by atoms with Crippen LogP contribution in [0.4, 0.5) is 11.4 Å². The number of nitrogens with one attached hydrogen (secondary N) is 1. The van der Waals surface area contributed by atoms with E-state index in [1.807, 2.05) is 12.4 Å². The Hall–Kier alpha value is -11.0. The molecule has 10 aliphatic rings. The van der Waals surface area contributed by atoms with Gasteiger partial charge < -0.3 is 24.1 Å². The fraction of sp³-hybridized carbons (Fsp3) is 0.172. The van der Waals surface area contributed by atoms with E-state index in [1.165, 1.54) is 105 Å². The number of hydrogen-bond acceptors (Lipinski definition) is 6. The molecule has 1 fully saturated rings. The Morgan fingerprint density at radius 3 is 2.38 bits per heavy atom. The van der Waals surface area contributed by atoms with Gasteiger partial charge in [0.15, 0.2) is 0 Å². The summed E-state index contributed by atoms with van der Waals surface area (Å²) in [7, 11) is 0. The lowest BCUT2D eigenvalue weighted by molar-refractivity contribution is 0.434. The first-order chi connectivity index (χ1) is 47.0. The number of benzene rings is 7. The molecule has 6 atom stereocenters. The van der Waals surface area contributed by atoms with Crippen LogP contribution in [0.2, 0.25) is 0 Å². The van der Waals surface area contributed by atoms with Crippen molar-refractivity contribution >= 4 is 89.8 Å². The number of nitrogens with zero attached hydrogens (tertiary/aromatic N) is 6. The van der Waals surface area contributed by atoms with E-state index in [1.54, 1.807) is 0 Å². The first-order valence-corrected chi connectivity index (χ1v) is 34.3. The van der Waals surface area contributed by atoms with Gasteiger partial charge in [0.1, 0.15) is 17.7 Å². The Kier molecular flexibility index (Phi) is 12.4. The van der Waals surface area contributed by atoms with Crippen molar-refractivity contribution in [3.05, 3.63) is 322 Å². The van der Waals surface area contributed by atoms with E-state index in [4.69, 9.17) is 16.3 Å². The normalized spacial score (nSPS) is 23.5. The van der Waals surface area contributed by atoms with Gasteiger partial charge in [0.2, 0.25) is 5.96 Å². The van der Waals surface area contributed by atoms with Crippen molar-refractivity contribution < 1.29 is 4.74 Å². The van der Waals surface area contributed by atoms with Gasteiger partial charge in [-0.15, -0.1) is 0 Å². The first kappa shape index (κ1) is 54.6. The molecule has 8 nitrogen and oxygen atoms in total. The molecular formula is C87H69N7O. The maximum atomic E-state index is 7.06. The molecule has 0 spiro atoms. The van der Waals surface area contributed by atoms with Crippen molar-refractivity contribution in [1.82, 2.24) is 19.4 Å². The summed E-state index contributed by atoms with van der Waals surface area (Å²) in [6.45, 7) is 4.76. The Balaban J connectivity index is 0.736. The van der Waals surface area contributed by atoms with E-state index >= 15 is 0 Å². The largest absolute Gasteiger partial charge is 0.457 e. The Morgan fingerprint density at radius 2 is 1.46 bits per heavy atom. The highest BCUT2D eigenvalue weighted by atomic mass is 16.5. The van der Waals surface area contributed by atoms with Crippen molar-refractivity contribution in [2.75, 3.05) is 9.80 Å². The van der Waals surface area contributed by atoms with Crippen molar-refractivity contribution in [3.8, 4) is 11.4 Å². The van der Waals surface area contributed by atoms with Crippen LogP contribution in [0.1, 0.15) is 91.0 Å². The molecule has 1 saturated carbocycles. The second kappa shape index (κ2) is 21.6. The minimum atomic E-state index is -0.316. The van der Waals surface area contributed by atoms with Crippen LogP contribution in [0.3, 0.4) is 0 Å². The number of hydrogen-bond donors (Lipinski definition) is 1. The van der Waals surface area contributed by atoms with Gasteiger partial charge in [0.05, 0.1) is 34.0 Å². The van der Waals surface area contributed by atoms with Crippen LogP contribution in [-0.4, -0.2) is 32.3 Å². The van der Waals surface area contributed by atoms with Gasteiger partial charge >= 0.3 is 0 Å². The highest BCUT2D eigenvalue weighted by molar-refractivity contribution is 6.10. The molecule has 0 radical (unpaired) electrons. The number of para-hydroxylation sites is 4. The fourth-order valence-electron chi connectivity index (χ4n) is 17.7. The molecule has 5 unspecified atom stereocenters. The second-order valence-corrected chi connectivity index (χ2v) is 27.2. The number of guanidine groups is 1. The smallest absolute Gasteiger partial charge is 0.210 e. The third kappa shape index (κ3) is 8.59. The van der Waals surface area contributed by atoms with Gasteiger partial charge in [-0.25, -0.2) is 4.99 Å². The molecule has 1 N–H and O–H groups in total. The number of rotatable bonds is 6. The Labute approximate surface area is 552 Å². The summed E-state index contributed by atoms with van der Waals surface area (Å²) in [6.07, 6.45) is 45.9. The van der Waals surface area contributed by atoms with E-state index in [-0.39, 0.29) is 24.0 Å². The molecule has 10 aromatic rings. The number of allylic oxidation sites excluding steroid dienone is 15. The number of pyridine rings is 1. The Bertz CT molecular complexity index is 5550. The van der Waals surface area contributed by atoms with Crippen LogP contribution in [0.5, 0.6) is 5.75 Å². The van der Waals surface area contributed by atoms with Gasteiger partial charge in [0, 0.05) is 95.6 Å². The average molecular weight is 1230 g/mol. The summed E-state index contributed by atoms with van der Waals surface area (Å²) in [5, 5.41) is 12.9. The molecule has 20 rings (SSSR count). The number of ether oxygens (including phenoxy) is 1. The van der Waals surface area contributed by atoms with Crippen molar-refractivity contribution in [1.29, 1.82) is 0 Å². The highest BCUT2D eigenvalue weighted by Crippen LogP contribution is 2.63. The first-order valence-electron chi connectivity index (χ1n) is 34.3. The predicted octanol–water partition coefficient (Wildman–Crippen LogP) is 18.3. The van der Waals surface area contributed by atoms with Gasteiger partial charge in [-0.3, -0.25) is 9.88 Å². The summed E-state index contributed by atoms with van der Waals surface area (Å²) in [5.41, 5.74) is 23.2. The highest BCUT2D eigenvalue weighted by Gasteiger charge is 2.54. The van der Waals surface area contributed by atoms with Crippen molar-refractivity contribution in [2.45, 2.75) is 81.8 Å². The molecule has 95 heavy (non-hydrogen) atoms. The molecule has 0 bridgehead atoms. The topological polar surface area (TPSA) is 62.9 Å². The van der Waals surface area contributed by atoms with Crippen LogP contribution < -0.4 is 30.4 Å². The molecular weight excluding hydrogens is 1160 g/mol. The quantitative estimate of drug-likeness (QED) is 0.180. The van der Waals surface area contributed by atoms with Gasteiger partial charge in [-0.05, 0) is 193 Å². The second-order valence-electron chi connectivity index (χ2n) is 27.2. The summed E-state index contributed by atoms with van der Waals surface area (Å²) in [4.78, 5) is 15.7. The standard InChI is InChI=1S/C87H69N7O/c1-53-61-23-9-4-10-24-64(61)65(39-35-54-33-34-58-52-88-46-45-63(58)86(54)95-53)75-51-84(93-78-31-17-13-27-68(78)72-48-56(37-42-82(72)93)55-36-41-80-71(47-55)66-25-11-15-29-76(66)91(80)59-19-5-2-6-20-59)90-87(89-75)94-79-32-18-14-28-69(79)85-74-50-70(74)62(40-44-83(85)94)57-38-43-81-73(49-57)67-26-12-16-30-77(67)92(81)60-21-7-3-8-22-60/h2-3,5,7-8,10,12-14,16-19,21-22,24-34,36-49,51-52,70,72,74,82,84-85H,1,4,6,9,11,15,20,23,35,50H2,(H,89,90)/b65-39+/t70?,72?,74?,82-,84?,85?/m0/s1. The Morgan fingerprint density at radius 1 is 0.642 bits per heavy atom. The van der Waals surface area contributed by atoms with Crippen LogP contribution in [0, 0.1) is 11.8 Å². The average Bonchev–Trinajstić information content (AvgIpc) is 1.56. The molecule has 3 aromatic heterocycles. The third-order valence-corrected chi connectivity index (χ3v) is 22.1. The molecule has 6 aliphatic carbocycles. The summed E-state index contributed by atoms with van der Waals surface area (Å²) in [5.74, 6) is 3.45. The van der Waals surface area contributed by atoms with Crippen LogP contribution in [-0.2, 0) is 6.42 Å². The lowest BCUT2D eigenvalue weighted by atomic mass is 9.86. The van der Waals surface area contributed by atoms with Gasteiger partial charge in [-0.1, -0.05) is 170 Å². The van der Waals surface area contributed by atoms with Gasteiger partial charge in [0.25, 0.3) is 0 Å². The number of aliphatic imine (C=N–C) groups is 1. The van der Waals surface area contributed by atoms with Crippen molar-refractivity contribution in [3.63, 3.8) is 0 Å². The van der Waals surface area contributed by atoms with E-state index in [0.29, 0.717) is 24.0 Å². The number of anilines is 2. The van der Waals surface area contributed by atoms with Gasteiger partial charge in [-0.2, -0.15) is 0 Å². The van der Waals surface area contributed by atoms with E-state index in [2.05, 4.69) is 272 Å². The minimum Gasteiger partial charge on any atom is -0.457 e. The zero-order valence-corrected chi connectivity index (χ0v) is 52.9. The lowest BCUT2D eigenvalue weighted by Gasteiger charge is -2.40. The monoisotopic (exact) mass is 1230 g/mol. The number of aromatic nitrogens is 3. The zero-order valence-electron chi connectivity index (χ0n) is 52.9. The summed E-state index contributed by atoms with van der Waals surface area (Å²) in [6, 6.07) is 58.9. The molecule has 8 heteroatoms. The lowest BCUT2D eigenvalue weighted by Crippen LogP contribution is -2.56. The third-order valence-electron chi connectivity index (χ3n) is 22.1. The molecule has 458 valence electrons. The molecule has 4 aliphatic heterocycles. The molecule has 0 saturated heterocycles.